The first kappa shape index (κ1) is 33.0. The average molecular weight is 585 g/mol. The molecule has 2 aromatic rings. The SMILES string of the molecule is COc1cc(OC)cc(OCCN(CCCCc2ccc3c(n2)NCCC3)CCC(NC(=O)CC(C)(C)C)C(=O)O)c1. The van der Waals surface area contributed by atoms with E-state index in [9.17, 15) is 14.7 Å². The van der Waals surface area contributed by atoms with Crippen molar-refractivity contribution in [3.05, 3.63) is 41.6 Å². The molecule has 0 radical (unpaired) electrons. The summed E-state index contributed by atoms with van der Waals surface area (Å²) in [6, 6.07) is 8.75. The number of anilines is 1. The van der Waals surface area contributed by atoms with Crippen LogP contribution in [0.25, 0.3) is 0 Å². The van der Waals surface area contributed by atoms with Crippen LogP contribution in [0, 0.1) is 5.41 Å². The topological polar surface area (TPSA) is 122 Å². The van der Waals surface area contributed by atoms with Gasteiger partial charge in [-0.3, -0.25) is 9.69 Å². The van der Waals surface area contributed by atoms with Gasteiger partial charge in [0.05, 0.1) is 14.2 Å². The van der Waals surface area contributed by atoms with E-state index < -0.39 is 12.0 Å². The molecule has 1 unspecified atom stereocenters. The summed E-state index contributed by atoms with van der Waals surface area (Å²) in [6.45, 7) is 9.13. The second-order valence-corrected chi connectivity index (χ2v) is 12.0. The maximum absolute atomic E-state index is 12.4. The van der Waals surface area contributed by atoms with Crippen LogP contribution in [0.1, 0.15) is 64.1 Å². The van der Waals surface area contributed by atoms with Gasteiger partial charge in [0.2, 0.25) is 5.91 Å². The Morgan fingerprint density at radius 2 is 1.76 bits per heavy atom. The number of carboxylic acids is 1. The first-order valence-electron chi connectivity index (χ1n) is 14.9. The molecule has 10 nitrogen and oxygen atoms in total. The highest BCUT2D eigenvalue weighted by Gasteiger charge is 2.24. The first-order valence-corrected chi connectivity index (χ1v) is 14.9. The lowest BCUT2D eigenvalue weighted by Gasteiger charge is -2.25. The number of hydrogen-bond donors (Lipinski definition) is 3. The van der Waals surface area contributed by atoms with Crippen molar-refractivity contribution in [3.8, 4) is 17.2 Å². The average Bonchev–Trinajstić information content (AvgIpc) is 2.95. The molecule has 0 saturated heterocycles. The summed E-state index contributed by atoms with van der Waals surface area (Å²) in [7, 11) is 3.19. The Labute approximate surface area is 250 Å². The number of amides is 1. The van der Waals surface area contributed by atoms with E-state index in [1.165, 1.54) is 5.56 Å². The lowest BCUT2D eigenvalue weighted by Crippen LogP contribution is -2.44. The molecule has 0 aliphatic carbocycles. The molecule has 1 amide bonds. The van der Waals surface area contributed by atoms with Gasteiger partial charge in [-0.15, -0.1) is 0 Å². The molecular formula is C32H48N4O6. The minimum atomic E-state index is -1.02. The number of carbonyl (C=O) groups is 2. The molecule has 1 atom stereocenters. The number of pyridine rings is 1. The van der Waals surface area contributed by atoms with Gasteiger partial charge in [-0.05, 0) is 62.1 Å². The van der Waals surface area contributed by atoms with Crippen molar-refractivity contribution in [2.45, 2.75) is 71.8 Å². The van der Waals surface area contributed by atoms with Gasteiger partial charge < -0.3 is 30.0 Å². The highest BCUT2D eigenvalue weighted by Crippen LogP contribution is 2.27. The van der Waals surface area contributed by atoms with Crippen LogP contribution in [-0.2, 0) is 22.4 Å². The number of carboxylic acid groups (broad SMARTS) is 1. The maximum atomic E-state index is 12.4. The monoisotopic (exact) mass is 584 g/mol. The predicted molar refractivity (Wildman–Crippen MR) is 164 cm³/mol. The number of nitrogens with one attached hydrogen (secondary N) is 2. The van der Waals surface area contributed by atoms with Gasteiger partial charge in [-0.1, -0.05) is 26.8 Å². The number of hydrogen-bond acceptors (Lipinski definition) is 8. The van der Waals surface area contributed by atoms with E-state index in [1.54, 1.807) is 32.4 Å². The number of rotatable bonds is 17. The number of carbonyl (C=O) groups excluding carboxylic acids is 1. The number of nitrogens with zero attached hydrogens (tertiary/aromatic N) is 2. The molecule has 0 bridgehead atoms. The van der Waals surface area contributed by atoms with Gasteiger partial charge in [0, 0.05) is 49.9 Å². The fourth-order valence-corrected chi connectivity index (χ4v) is 4.94. The number of aliphatic carboxylic acids is 1. The third-order valence-corrected chi connectivity index (χ3v) is 7.17. The van der Waals surface area contributed by atoms with Crippen LogP contribution in [0.5, 0.6) is 17.2 Å². The summed E-state index contributed by atoms with van der Waals surface area (Å²) < 4.78 is 16.7. The standard InChI is InChI=1S/C32H48N4O6/c1-32(2,3)22-29(37)35-28(31(38)39)13-16-36(17-18-42-27-20-25(40-4)19-26(21-27)41-5)15-7-6-10-24-12-11-23-9-8-14-33-30(23)34-24/h11-12,19-21,28H,6-10,13-18,22H2,1-5H3,(H,33,34)(H,35,37)(H,38,39). The molecule has 1 aromatic heterocycles. The number of fused-ring (bicyclic) bond motifs is 1. The summed E-state index contributed by atoms with van der Waals surface area (Å²) >= 11 is 0. The number of methoxy groups -OCH3 is 2. The second kappa shape index (κ2) is 16.2. The van der Waals surface area contributed by atoms with Gasteiger partial charge in [-0.2, -0.15) is 0 Å². The number of ether oxygens (including phenoxy) is 3. The molecule has 3 rings (SSSR count). The summed E-state index contributed by atoms with van der Waals surface area (Å²) in [5, 5.41) is 15.9. The summed E-state index contributed by atoms with van der Waals surface area (Å²) in [5.41, 5.74) is 2.15. The van der Waals surface area contributed by atoms with Crippen LogP contribution in [0.4, 0.5) is 5.82 Å². The lowest BCUT2D eigenvalue weighted by atomic mass is 9.92. The first-order chi connectivity index (χ1) is 20.1. The van der Waals surface area contributed by atoms with E-state index in [4.69, 9.17) is 19.2 Å². The fourth-order valence-electron chi connectivity index (χ4n) is 4.94. The molecule has 232 valence electrons. The zero-order valence-corrected chi connectivity index (χ0v) is 25.8. The number of benzene rings is 1. The van der Waals surface area contributed by atoms with Gasteiger partial charge in [0.15, 0.2) is 0 Å². The molecule has 3 N–H and O–H groups in total. The van der Waals surface area contributed by atoms with E-state index >= 15 is 0 Å². The lowest BCUT2D eigenvalue weighted by molar-refractivity contribution is -0.142. The van der Waals surface area contributed by atoms with Crippen LogP contribution in [0.2, 0.25) is 0 Å². The smallest absolute Gasteiger partial charge is 0.326 e. The highest BCUT2D eigenvalue weighted by molar-refractivity contribution is 5.83. The zero-order valence-electron chi connectivity index (χ0n) is 25.8. The van der Waals surface area contributed by atoms with Gasteiger partial charge in [0.25, 0.3) is 0 Å². The Morgan fingerprint density at radius 1 is 1.05 bits per heavy atom. The van der Waals surface area contributed by atoms with Crippen molar-refractivity contribution in [2.75, 3.05) is 52.3 Å². The van der Waals surface area contributed by atoms with Crippen molar-refractivity contribution in [2.24, 2.45) is 5.41 Å². The Hall–Kier alpha value is -3.53. The number of unbranched alkanes of at least 4 members (excludes halogenated alkanes) is 1. The van der Waals surface area contributed by atoms with Crippen LogP contribution < -0.4 is 24.8 Å². The van der Waals surface area contributed by atoms with Crippen LogP contribution in [-0.4, -0.2) is 79.9 Å². The number of aromatic nitrogens is 1. The third kappa shape index (κ3) is 11.4. The quantitative estimate of drug-likeness (QED) is 0.230. The fraction of sp³-hybridized carbons (Fsp3) is 0.594. The molecule has 0 spiro atoms. The van der Waals surface area contributed by atoms with Crippen molar-refractivity contribution >= 4 is 17.7 Å². The van der Waals surface area contributed by atoms with Gasteiger partial charge >= 0.3 is 5.97 Å². The van der Waals surface area contributed by atoms with Gasteiger partial charge in [0.1, 0.15) is 35.7 Å². The van der Waals surface area contributed by atoms with E-state index in [-0.39, 0.29) is 17.7 Å². The highest BCUT2D eigenvalue weighted by atomic mass is 16.5. The van der Waals surface area contributed by atoms with Crippen LogP contribution in [0.3, 0.4) is 0 Å². The second-order valence-electron chi connectivity index (χ2n) is 12.0. The summed E-state index contributed by atoms with van der Waals surface area (Å²) in [4.78, 5) is 31.4. The molecule has 1 aromatic carbocycles. The van der Waals surface area contributed by atoms with Crippen LogP contribution in [0.15, 0.2) is 30.3 Å². The van der Waals surface area contributed by atoms with Gasteiger partial charge in [-0.25, -0.2) is 9.78 Å². The normalized spacial score (nSPS) is 13.6. The van der Waals surface area contributed by atoms with E-state index in [1.807, 2.05) is 20.8 Å². The minimum Gasteiger partial charge on any atom is -0.496 e. The van der Waals surface area contributed by atoms with Crippen LogP contribution >= 0.6 is 0 Å². The Kier molecular flexibility index (Phi) is 12.7. The number of aryl methyl sites for hydroxylation is 2. The van der Waals surface area contributed by atoms with Crippen molar-refractivity contribution in [3.63, 3.8) is 0 Å². The van der Waals surface area contributed by atoms with Crippen molar-refractivity contribution in [1.29, 1.82) is 0 Å². The molecule has 0 saturated carbocycles. The molecule has 2 heterocycles. The van der Waals surface area contributed by atoms with Crippen molar-refractivity contribution < 1.29 is 28.9 Å². The maximum Gasteiger partial charge on any atom is 0.326 e. The largest absolute Gasteiger partial charge is 0.496 e. The zero-order chi connectivity index (χ0) is 30.5. The Bertz CT molecular complexity index is 1140. The molecule has 0 fully saturated rings. The molecule has 1 aliphatic rings. The summed E-state index contributed by atoms with van der Waals surface area (Å²) in [5.74, 6) is 1.66. The van der Waals surface area contributed by atoms with Crippen molar-refractivity contribution in [1.82, 2.24) is 15.2 Å². The third-order valence-electron chi connectivity index (χ3n) is 7.17. The Balaban J connectivity index is 1.57. The molecular weight excluding hydrogens is 536 g/mol. The molecule has 1 aliphatic heterocycles. The minimum absolute atomic E-state index is 0.220. The van der Waals surface area contributed by atoms with E-state index in [0.717, 1.165) is 56.7 Å². The van der Waals surface area contributed by atoms with E-state index in [0.29, 0.717) is 43.4 Å². The Morgan fingerprint density at radius 3 is 2.43 bits per heavy atom. The predicted octanol–water partition coefficient (Wildman–Crippen LogP) is 4.56. The molecule has 10 heteroatoms. The summed E-state index contributed by atoms with van der Waals surface area (Å²) in [6.07, 6.45) is 5.55. The molecule has 42 heavy (non-hydrogen) atoms. The van der Waals surface area contributed by atoms with E-state index in [2.05, 4.69) is 27.7 Å².